The molecule has 1 amide bonds. The Morgan fingerprint density at radius 1 is 1.04 bits per heavy atom. The highest BCUT2D eigenvalue weighted by molar-refractivity contribution is 5.95. The lowest BCUT2D eigenvalue weighted by molar-refractivity contribution is 0.0746. The minimum absolute atomic E-state index is 0.0394. The van der Waals surface area contributed by atoms with Crippen LogP contribution in [0, 0.1) is 6.92 Å². The smallest absolute Gasteiger partial charge is 0.254 e. The van der Waals surface area contributed by atoms with Gasteiger partial charge in [-0.05, 0) is 49.7 Å². The van der Waals surface area contributed by atoms with Crippen LogP contribution in [0.15, 0.2) is 42.5 Å². The van der Waals surface area contributed by atoms with Gasteiger partial charge < -0.3 is 19.3 Å². The molecule has 1 heterocycles. The van der Waals surface area contributed by atoms with E-state index in [0.29, 0.717) is 36.8 Å². The molecule has 3 rings (SSSR count). The molecule has 0 aromatic heterocycles. The summed E-state index contributed by atoms with van der Waals surface area (Å²) in [6.45, 7) is 7.64. The summed E-state index contributed by atoms with van der Waals surface area (Å²) in [5.74, 6) is 1.30. The maximum absolute atomic E-state index is 12.9. The maximum atomic E-state index is 12.9. The van der Waals surface area contributed by atoms with Crippen LogP contribution >= 0.6 is 0 Å². The van der Waals surface area contributed by atoms with E-state index in [0.717, 1.165) is 13.1 Å². The molecule has 2 aromatic carbocycles. The molecule has 1 saturated heterocycles. The molecule has 138 valence electrons. The first-order valence-corrected chi connectivity index (χ1v) is 9.04. The number of carbonyl (C=O) groups is 1. The van der Waals surface area contributed by atoms with E-state index >= 15 is 0 Å². The summed E-state index contributed by atoms with van der Waals surface area (Å²) in [5, 5.41) is 0. The third kappa shape index (κ3) is 3.93. The van der Waals surface area contributed by atoms with Crippen molar-refractivity contribution in [2.45, 2.75) is 13.8 Å². The van der Waals surface area contributed by atoms with Crippen LogP contribution in [-0.2, 0) is 0 Å². The largest absolute Gasteiger partial charge is 0.493 e. The number of ether oxygens (including phenoxy) is 2. The molecule has 1 fully saturated rings. The minimum atomic E-state index is 0.0394. The van der Waals surface area contributed by atoms with E-state index in [2.05, 4.69) is 36.1 Å². The summed E-state index contributed by atoms with van der Waals surface area (Å²) in [7, 11) is 1.60. The van der Waals surface area contributed by atoms with E-state index in [9.17, 15) is 4.79 Å². The van der Waals surface area contributed by atoms with E-state index in [1.54, 1.807) is 25.3 Å². The molecule has 0 radical (unpaired) electrons. The zero-order valence-corrected chi connectivity index (χ0v) is 15.7. The van der Waals surface area contributed by atoms with Crippen LogP contribution < -0.4 is 14.4 Å². The molecule has 0 N–H and O–H groups in total. The van der Waals surface area contributed by atoms with Crippen molar-refractivity contribution in [2.24, 2.45) is 0 Å². The van der Waals surface area contributed by atoms with Crippen LogP contribution in [0.5, 0.6) is 11.5 Å². The van der Waals surface area contributed by atoms with Crippen molar-refractivity contribution in [3.63, 3.8) is 0 Å². The number of amides is 1. The Bertz CT molecular complexity index is 768. The quantitative estimate of drug-likeness (QED) is 0.826. The Kier molecular flexibility index (Phi) is 5.66. The van der Waals surface area contributed by atoms with Gasteiger partial charge in [0.15, 0.2) is 11.5 Å². The summed E-state index contributed by atoms with van der Waals surface area (Å²) in [6, 6.07) is 13.9. The molecule has 0 bridgehead atoms. The van der Waals surface area contributed by atoms with Crippen molar-refractivity contribution in [1.29, 1.82) is 0 Å². The van der Waals surface area contributed by atoms with E-state index < -0.39 is 0 Å². The van der Waals surface area contributed by atoms with Gasteiger partial charge in [0.1, 0.15) is 0 Å². The van der Waals surface area contributed by atoms with Crippen molar-refractivity contribution >= 4 is 11.6 Å². The third-order valence-electron chi connectivity index (χ3n) is 4.64. The van der Waals surface area contributed by atoms with Gasteiger partial charge in [-0.15, -0.1) is 0 Å². The van der Waals surface area contributed by atoms with Crippen molar-refractivity contribution in [3.05, 3.63) is 53.6 Å². The monoisotopic (exact) mass is 354 g/mol. The normalized spacial score (nSPS) is 14.3. The predicted molar refractivity (Wildman–Crippen MR) is 103 cm³/mol. The van der Waals surface area contributed by atoms with Gasteiger partial charge in [-0.2, -0.15) is 0 Å². The Morgan fingerprint density at radius 2 is 1.81 bits per heavy atom. The molecule has 0 spiro atoms. The SMILES string of the molecule is CCOc1cc(C(=O)N2CCN(c3cccc(C)c3)CC2)ccc1OC. The number of anilines is 1. The number of piperazine rings is 1. The second-order valence-corrected chi connectivity index (χ2v) is 6.42. The standard InChI is InChI=1S/C21H26N2O3/c1-4-26-20-15-17(8-9-19(20)25-3)21(24)23-12-10-22(11-13-23)18-7-5-6-16(2)14-18/h5-9,14-15H,4,10-13H2,1-3H3. The number of benzene rings is 2. The third-order valence-corrected chi connectivity index (χ3v) is 4.64. The highest BCUT2D eigenvalue weighted by Crippen LogP contribution is 2.29. The van der Waals surface area contributed by atoms with Crippen molar-refractivity contribution in [3.8, 4) is 11.5 Å². The molecule has 5 heteroatoms. The van der Waals surface area contributed by atoms with Gasteiger partial charge >= 0.3 is 0 Å². The Hall–Kier alpha value is -2.69. The van der Waals surface area contributed by atoms with Crippen molar-refractivity contribution in [2.75, 3.05) is 44.8 Å². The molecule has 1 aliphatic rings. The molecule has 26 heavy (non-hydrogen) atoms. The first kappa shape index (κ1) is 18.1. The number of nitrogens with zero attached hydrogens (tertiary/aromatic N) is 2. The molecule has 1 aliphatic heterocycles. The molecular weight excluding hydrogens is 328 g/mol. The Balaban J connectivity index is 1.67. The summed E-state index contributed by atoms with van der Waals surface area (Å²) in [5.41, 5.74) is 3.11. The molecule has 0 aliphatic carbocycles. The lowest BCUT2D eigenvalue weighted by Crippen LogP contribution is -2.48. The molecule has 0 unspecified atom stereocenters. The molecule has 2 aromatic rings. The molecular formula is C21H26N2O3. The minimum Gasteiger partial charge on any atom is -0.493 e. The first-order chi connectivity index (χ1) is 12.6. The molecule has 0 atom stereocenters. The average molecular weight is 354 g/mol. The number of hydrogen-bond acceptors (Lipinski definition) is 4. The number of hydrogen-bond donors (Lipinski definition) is 0. The average Bonchev–Trinajstić information content (AvgIpc) is 2.68. The van der Waals surface area contributed by atoms with Gasteiger partial charge in [-0.1, -0.05) is 12.1 Å². The van der Waals surface area contributed by atoms with Crippen molar-refractivity contribution < 1.29 is 14.3 Å². The zero-order valence-electron chi connectivity index (χ0n) is 15.7. The second-order valence-electron chi connectivity index (χ2n) is 6.42. The van der Waals surface area contributed by atoms with Crippen molar-refractivity contribution in [1.82, 2.24) is 4.90 Å². The van der Waals surface area contributed by atoms with E-state index in [-0.39, 0.29) is 5.91 Å². The van der Waals surface area contributed by atoms with Gasteiger partial charge in [0.25, 0.3) is 5.91 Å². The topological polar surface area (TPSA) is 42.0 Å². The molecule has 0 saturated carbocycles. The highest BCUT2D eigenvalue weighted by atomic mass is 16.5. The van der Waals surface area contributed by atoms with Crippen LogP contribution in [0.2, 0.25) is 0 Å². The number of aryl methyl sites for hydroxylation is 1. The fourth-order valence-electron chi connectivity index (χ4n) is 3.25. The van der Waals surface area contributed by atoms with E-state index in [1.165, 1.54) is 11.3 Å². The predicted octanol–water partition coefficient (Wildman–Crippen LogP) is 3.36. The molecule has 5 nitrogen and oxygen atoms in total. The summed E-state index contributed by atoms with van der Waals surface area (Å²) >= 11 is 0. The second kappa shape index (κ2) is 8.13. The van der Waals surface area contributed by atoms with Gasteiger partial charge in [0.05, 0.1) is 13.7 Å². The van der Waals surface area contributed by atoms with Crippen LogP contribution in [0.25, 0.3) is 0 Å². The van der Waals surface area contributed by atoms with Crippen LogP contribution in [-0.4, -0.2) is 50.7 Å². The fraction of sp³-hybridized carbons (Fsp3) is 0.381. The summed E-state index contributed by atoms with van der Waals surface area (Å²) in [4.78, 5) is 17.1. The van der Waals surface area contributed by atoms with E-state index in [1.807, 2.05) is 11.8 Å². The first-order valence-electron chi connectivity index (χ1n) is 9.04. The van der Waals surface area contributed by atoms with Crippen LogP contribution in [0.1, 0.15) is 22.8 Å². The lowest BCUT2D eigenvalue weighted by Gasteiger charge is -2.36. The zero-order chi connectivity index (χ0) is 18.5. The van der Waals surface area contributed by atoms with Crippen LogP contribution in [0.3, 0.4) is 0 Å². The van der Waals surface area contributed by atoms with E-state index in [4.69, 9.17) is 9.47 Å². The highest BCUT2D eigenvalue weighted by Gasteiger charge is 2.23. The van der Waals surface area contributed by atoms with Gasteiger partial charge in [0, 0.05) is 37.4 Å². The number of carbonyl (C=O) groups excluding carboxylic acids is 1. The Labute approximate surface area is 155 Å². The fourth-order valence-corrected chi connectivity index (χ4v) is 3.25. The van der Waals surface area contributed by atoms with Gasteiger partial charge in [-0.3, -0.25) is 4.79 Å². The summed E-state index contributed by atoms with van der Waals surface area (Å²) in [6.07, 6.45) is 0. The lowest BCUT2D eigenvalue weighted by atomic mass is 10.1. The number of rotatable bonds is 5. The van der Waals surface area contributed by atoms with Gasteiger partial charge in [-0.25, -0.2) is 0 Å². The van der Waals surface area contributed by atoms with Crippen LogP contribution in [0.4, 0.5) is 5.69 Å². The Morgan fingerprint density at radius 3 is 2.46 bits per heavy atom. The number of methoxy groups -OCH3 is 1. The maximum Gasteiger partial charge on any atom is 0.254 e. The summed E-state index contributed by atoms with van der Waals surface area (Å²) < 4.78 is 10.9. The van der Waals surface area contributed by atoms with Gasteiger partial charge in [0.2, 0.25) is 0 Å².